The molecule has 4 heteroatoms. The highest BCUT2D eigenvalue weighted by Crippen LogP contribution is 1.81. The molecule has 0 amide bonds. The molecule has 0 saturated heterocycles. The Morgan fingerprint density at radius 3 is 3.36 bits per heavy atom. The second-order valence-corrected chi connectivity index (χ2v) is 2.25. The van der Waals surface area contributed by atoms with E-state index in [1.165, 1.54) is 0 Å². The van der Waals surface area contributed by atoms with Gasteiger partial charge in [0.15, 0.2) is 0 Å². The monoisotopic (exact) mass is 146 g/mol. The minimum atomic E-state index is 0.587. The molecule has 2 heterocycles. The number of rotatable bonds is 0. The molecule has 1 aromatic rings. The summed E-state index contributed by atoms with van der Waals surface area (Å²) in [5, 5.41) is 14.3. The van der Waals surface area contributed by atoms with Crippen LogP contribution in [0.1, 0.15) is 5.56 Å². The molecule has 0 fully saturated rings. The quantitative estimate of drug-likeness (QED) is 0.483. The number of nitrogens with one attached hydrogen (secondary N) is 2. The molecule has 1 aliphatic heterocycles. The van der Waals surface area contributed by atoms with Gasteiger partial charge < -0.3 is 10.4 Å². The van der Waals surface area contributed by atoms with Crippen molar-refractivity contribution in [3.8, 4) is 6.07 Å². The third-order valence-corrected chi connectivity index (χ3v) is 1.59. The Morgan fingerprint density at radius 1 is 1.64 bits per heavy atom. The maximum Gasteiger partial charge on any atom is 0.125 e. The number of hydrogen-bond donors (Lipinski definition) is 2. The summed E-state index contributed by atoms with van der Waals surface area (Å²) in [7, 11) is 0. The molecule has 1 aliphatic rings. The van der Waals surface area contributed by atoms with Gasteiger partial charge in [-0.2, -0.15) is 10.4 Å². The number of fused-ring (bicyclic) bond motifs is 1. The molecule has 0 atom stereocenters. The van der Waals surface area contributed by atoms with Crippen molar-refractivity contribution in [3.63, 3.8) is 0 Å². The largest absolute Gasteiger partial charge is 0.359 e. The average molecular weight is 146 g/mol. The maximum absolute atomic E-state index is 8.61. The Hall–Kier alpha value is -1.76. The molecule has 2 N–H and O–H groups in total. The Labute approximate surface area is 62.8 Å². The van der Waals surface area contributed by atoms with E-state index in [4.69, 9.17) is 5.26 Å². The predicted octanol–water partition coefficient (Wildman–Crippen LogP) is -1.20. The maximum atomic E-state index is 8.61. The lowest BCUT2D eigenvalue weighted by Crippen LogP contribution is -2.33. The molecule has 54 valence electrons. The number of aromatic amines is 1. The fraction of sp³-hybridized carbons (Fsp3) is 0.143. The summed E-state index contributed by atoms with van der Waals surface area (Å²) < 4.78 is 0. The second kappa shape index (κ2) is 2.13. The zero-order chi connectivity index (χ0) is 7.68. The van der Waals surface area contributed by atoms with Crippen LogP contribution in [0.3, 0.4) is 0 Å². The molecule has 4 nitrogen and oxygen atoms in total. The van der Waals surface area contributed by atoms with Gasteiger partial charge in [-0.1, -0.05) is 0 Å². The van der Waals surface area contributed by atoms with E-state index in [1.807, 2.05) is 6.08 Å². The van der Waals surface area contributed by atoms with Crippen LogP contribution in [0.4, 0.5) is 0 Å². The smallest absolute Gasteiger partial charge is 0.125 e. The van der Waals surface area contributed by atoms with Crippen LogP contribution in [0.2, 0.25) is 0 Å². The van der Waals surface area contributed by atoms with Crippen molar-refractivity contribution in [3.05, 3.63) is 22.5 Å². The van der Waals surface area contributed by atoms with E-state index in [2.05, 4.69) is 21.6 Å². The van der Waals surface area contributed by atoms with E-state index >= 15 is 0 Å². The van der Waals surface area contributed by atoms with Gasteiger partial charge in [0.1, 0.15) is 11.4 Å². The highest BCUT2D eigenvalue weighted by atomic mass is 15.3. The van der Waals surface area contributed by atoms with Gasteiger partial charge in [0.05, 0.1) is 17.5 Å². The minimum Gasteiger partial charge on any atom is -0.359 e. The van der Waals surface area contributed by atoms with Crippen LogP contribution in [0.25, 0.3) is 6.08 Å². The van der Waals surface area contributed by atoms with Gasteiger partial charge in [0, 0.05) is 6.20 Å². The summed E-state index contributed by atoms with van der Waals surface area (Å²) in [4.78, 5) is 2.97. The molecular weight excluding hydrogens is 140 g/mol. The van der Waals surface area contributed by atoms with Crippen LogP contribution >= 0.6 is 0 Å². The first-order valence-corrected chi connectivity index (χ1v) is 3.30. The van der Waals surface area contributed by atoms with Crippen LogP contribution in [-0.4, -0.2) is 11.5 Å². The third kappa shape index (κ3) is 0.783. The first kappa shape index (κ1) is 5.98. The minimum absolute atomic E-state index is 0.587. The standard InChI is InChI=1S/C7H6N4/c8-3-5-4-9-6-1-2-10-11-7(5)6/h1,4,9-10H,2H2. The number of hydrogen-bond acceptors (Lipinski definition) is 3. The van der Waals surface area contributed by atoms with Crippen molar-refractivity contribution in [2.45, 2.75) is 0 Å². The topological polar surface area (TPSA) is 64.0 Å². The number of H-pyrrole nitrogens is 1. The first-order valence-electron chi connectivity index (χ1n) is 3.30. The van der Waals surface area contributed by atoms with Crippen molar-refractivity contribution >= 4 is 6.08 Å². The van der Waals surface area contributed by atoms with Gasteiger partial charge in [0.25, 0.3) is 0 Å². The van der Waals surface area contributed by atoms with E-state index in [1.54, 1.807) is 6.20 Å². The lowest BCUT2D eigenvalue weighted by Gasteiger charge is -1.96. The van der Waals surface area contributed by atoms with Gasteiger partial charge in [0.2, 0.25) is 0 Å². The molecule has 1 aromatic heterocycles. The molecule has 0 spiro atoms. The van der Waals surface area contributed by atoms with Gasteiger partial charge in [-0.05, 0) is 6.08 Å². The van der Waals surface area contributed by atoms with Crippen molar-refractivity contribution in [2.24, 2.45) is 5.10 Å². The molecule has 0 saturated carbocycles. The zero-order valence-electron chi connectivity index (χ0n) is 5.76. The summed E-state index contributed by atoms with van der Waals surface area (Å²) in [5.74, 6) is 0. The average Bonchev–Trinajstić information content (AvgIpc) is 2.47. The lowest BCUT2D eigenvalue weighted by atomic mass is 10.3. The Morgan fingerprint density at radius 2 is 2.55 bits per heavy atom. The van der Waals surface area contributed by atoms with Crippen LogP contribution in [0, 0.1) is 11.3 Å². The lowest BCUT2D eigenvalue weighted by molar-refractivity contribution is 0.788. The molecule has 0 unspecified atom stereocenters. The van der Waals surface area contributed by atoms with Crippen molar-refractivity contribution in [2.75, 3.05) is 6.54 Å². The van der Waals surface area contributed by atoms with E-state index < -0.39 is 0 Å². The van der Waals surface area contributed by atoms with Gasteiger partial charge in [-0.3, -0.25) is 0 Å². The number of nitriles is 1. The third-order valence-electron chi connectivity index (χ3n) is 1.59. The molecule has 2 rings (SSSR count). The Bertz CT molecular complexity index is 420. The number of nitrogens with zero attached hydrogens (tertiary/aromatic N) is 2. The van der Waals surface area contributed by atoms with Gasteiger partial charge >= 0.3 is 0 Å². The number of aromatic nitrogens is 1. The van der Waals surface area contributed by atoms with Gasteiger partial charge in [-0.15, -0.1) is 0 Å². The summed E-state index contributed by atoms with van der Waals surface area (Å²) in [6, 6.07) is 2.05. The molecular formula is C7H6N4. The molecule has 0 aliphatic carbocycles. The zero-order valence-corrected chi connectivity index (χ0v) is 5.76. The highest BCUT2D eigenvalue weighted by Gasteiger charge is 2.00. The van der Waals surface area contributed by atoms with Crippen LogP contribution in [-0.2, 0) is 0 Å². The highest BCUT2D eigenvalue weighted by molar-refractivity contribution is 5.32. The van der Waals surface area contributed by atoms with E-state index in [0.717, 1.165) is 17.3 Å². The van der Waals surface area contributed by atoms with E-state index in [0.29, 0.717) is 5.56 Å². The van der Waals surface area contributed by atoms with Gasteiger partial charge in [-0.25, -0.2) is 0 Å². The van der Waals surface area contributed by atoms with E-state index in [-0.39, 0.29) is 0 Å². The summed E-state index contributed by atoms with van der Waals surface area (Å²) in [5.41, 5.74) is 3.39. The Kier molecular flexibility index (Phi) is 1.16. The molecule has 0 bridgehead atoms. The normalized spacial score (nSPS) is 13.4. The SMILES string of the molecule is N#Cc1c[nH]c2c1=NNCC=2. The molecule has 11 heavy (non-hydrogen) atoms. The first-order chi connectivity index (χ1) is 5.42. The second-order valence-electron chi connectivity index (χ2n) is 2.25. The van der Waals surface area contributed by atoms with Crippen LogP contribution < -0.4 is 16.1 Å². The van der Waals surface area contributed by atoms with Crippen LogP contribution in [0.15, 0.2) is 11.3 Å². The Balaban J connectivity index is 2.86. The van der Waals surface area contributed by atoms with E-state index in [9.17, 15) is 0 Å². The fourth-order valence-electron chi connectivity index (χ4n) is 1.07. The fourth-order valence-corrected chi connectivity index (χ4v) is 1.07. The summed E-state index contributed by atoms with van der Waals surface area (Å²) in [6.45, 7) is 0.721. The summed E-state index contributed by atoms with van der Waals surface area (Å²) in [6.07, 6.45) is 3.63. The van der Waals surface area contributed by atoms with Crippen molar-refractivity contribution in [1.29, 1.82) is 5.26 Å². The van der Waals surface area contributed by atoms with Crippen molar-refractivity contribution in [1.82, 2.24) is 10.4 Å². The summed E-state index contributed by atoms with van der Waals surface area (Å²) >= 11 is 0. The molecule has 0 radical (unpaired) electrons. The van der Waals surface area contributed by atoms with Crippen molar-refractivity contribution < 1.29 is 0 Å². The predicted molar refractivity (Wildman–Crippen MR) is 38.8 cm³/mol. The van der Waals surface area contributed by atoms with Crippen LogP contribution in [0.5, 0.6) is 0 Å². The molecule has 0 aromatic carbocycles.